The van der Waals surface area contributed by atoms with E-state index >= 15 is 0 Å². The number of nitrogens with one attached hydrogen (secondary N) is 1. The molecule has 1 heterocycles. The van der Waals surface area contributed by atoms with E-state index in [-0.39, 0.29) is 6.23 Å². The van der Waals surface area contributed by atoms with E-state index in [1.165, 1.54) is 0 Å². The van der Waals surface area contributed by atoms with E-state index in [4.69, 9.17) is 4.74 Å². The minimum absolute atomic E-state index is 0.0667. The van der Waals surface area contributed by atoms with Crippen LogP contribution in [0.2, 0.25) is 0 Å². The number of hydrogen-bond acceptors (Lipinski definition) is 4. The molecule has 2 rings (SSSR count). The minimum Gasteiger partial charge on any atom is -0.472 e. The van der Waals surface area contributed by atoms with Gasteiger partial charge >= 0.3 is 0 Å². The Bertz CT molecular complexity index is 516. The zero-order valence-corrected chi connectivity index (χ0v) is 11.8. The van der Waals surface area contributed by atoms with Crippen LogP contribution in [-0.4, -0.2) is 23.2 Å². The normalized spacial score (nSPS) is 12.2. The highest BCUT2D eigenvalue weighted by Crippen LogP contribution is 2.25. The van der Waals surface area contributed by atoms with Crippen molar-refractivity contribution in [2.45, 2.75) is 13.2 Å². The minimum atomic E-state index is -0.0667. The molecule has 0 amide bonds. The Labute approximate surface area is 115 Å². The zero-order valence-electron chi connectivity index (χ0n) is 10.2. The van der Waals surface area contributed by atoms with E-state index in [1.54, 1.807) is 12.4 Å². The van der Waals surface area contributed by atoms with Gasteiger partial charge in [0.1, 0.15) is 6.23 Å². The molecule has 2 aromatic rings. The molecular weight excluding hydrogens is 294 g/mol. The summed E-state index contributed by atoms with van der Waals surface area (Å²) in [6.45, 7) is 1.92. The van der Waals surface area contributed by atoms with Gasteiger partial charge in [-0.1, -0.05) is 34.1 Å². The van der Waals surface area contributed by atoms with E-state index in [0.717, 1.165) is 10.0 Å². The summed E-state index contributed by atoms with van der Waals surface area (Å²) in [5.41, 5.74) is 0.964. The van der Waals surface area contributed by atoms with Crippen LogP contribution in [0, 0.1) is 0 Å². The van der Waals surface area contributed by atoms with Crippen molar-refractivity contribution in [3.8, 4) is 17.1 Å². The summed E-state index contributed by atoms with van der Waals surface area (Å²) < 4.78 is 6.51. The molecule has 0 saturated carbocycles. The summed E-state index contributed by atoms with van der Waals surface area (Å²) in [4.78, 5) is 8.61. The Kier molecular flexibility index (Phi) is 4.28. The Morgan fingerprint density at radius 1 is 1.22 bits per heavy atom. The predicted octanol–water partition coefficient (Wildman–Crippen LogP) is 2.85. The lowest BCUT2D eigenvalue weighted by Crippen LogP contribution is -2.27. The third kappa shape index (κ3) is 3.05. The number of aromatic nitrogens is 2. The number of rotatable bonds is 4. The van der Waals surface area contributed by atoms with Crippen LogP contribution in [-0.2, 0) is 0 Å². The first kappa shape index (κ1) is 13.0. The van der Waals surface area contributed by atoms with Gasteiger partial charge in [0.05, 0.1) is 12.4 Å². The topological polar surface area (TPSA) is 47.0 Å². The van der Waals surface area contributed by atoms with E-state index in [0.29, 0.717) is 11.6 Å². The van der Waals surface area contributed by atoms with Crippen LogP contribution in [0.15, 0.2) is 41.1 Å². The maximum atomic E-state index is 5.54. The van der Waals surface area contributed by atoms with Gasteiger partial charge in [-0.2, -0.15) is 0 Å². The van der Waals surface area contributed by atoms with Crippen LogP contribution in [0.3, 0.4) is 0 Å². The summed E-state index contributed by atoms with van der Waals surface area (Å²) in [6.07, 6.45) is 3.29. The van der Waals surface area contributed by atoms with Crippen molar-refractivity contribution in [1.29, 1.82) is 0 Å². The molecule has 18 heavy (non-hydrogen) atoms. The number of hydrogen-bond donors (Lipinski definition) is 1. The molecule has 0 aliphatic heterocycles. The molecule has 0 aliphatic rings. The summed E-state index contributed by atoms with van der Waals surface area (Å²) in [6, 6.07) is 7.85. The zero-order chi connectivity index (χ0) is 13.0. The molecule has 1 atom stereocenters. The van der Waals surface area contributed by atoms with Gasteiger partial charge in [0, 0.05) is 10.0 Å². The number of halogens is 1. The van der Waals surface area contributed by atoms with Gasteiger partial charge in [0.15, 0.2) is 11.6 Å². The fourth-order valence-electron chi connectivity index (χ4n) is 1.42. The molecular formula is C13H14BrN3O. The van der Waals surface area contributed by atoms with Crippen molar-refractivity contribution in [3.05, 3.63) is 41.1 Å². The van der Waals surface area contributed by atoms with E-state index in [2.05, 4.69) is 31.2 Å². The number of benzene rings is 1. The van der Waals surface area contributed by atoms with Gasteiger partial charge in [-0.05, 0) is 20.0 Å². The van der Waals surface area contributed by atoms with E-state index in [1.807, 2.05) is 38.2 Å². The van der Waals surface area contributed by atoms with Crippen molar-refractivity contribution < 1.29 is 4.74 Å². The summed E-state index contributed by atoms with van der Waals surface area (Å²) in [7, 11) is 1.83. The van der Waals surface area contributed by atoms with Crippen LogP contribution in [0.25, 0.3) is 11.4 Å². The molecule has 1 N–H and O–H groups in total. The smallest absolute Gasteiger partial charge is 0.160 e. The number of nitrogens with zero attached hydrogens (tertiary/aromatic N) is 2. The van der Waals surface area contributed by atoms with Crippen molar-refractivity contribution in [2.24, 2.45) is 0 Å². The van der Waals surface area contributed by atoms with Gasteiger partial charge in [-0.25, -0.2) is 9.97 Å². The first-order valence-electron chi connectivity index (χ1n) is 5.61. The first-order chi connectivity index (χ1) is 8.70. The highest BCUT2D eigenvalue weighted by atomic mass is 79.9. The van der Waals surface area contributed by atoms with Crippen LogP contribution in [0.5, 0.6) is 5.75 Å². The molecule has 1 aromatic carbocycles. The lowest BCUT2D eigenvalue weighted by molar-refractivity contribution is 0.192. The van der Waals surface area contributed by atoms with Crippen LogP contribution in [0.4, 0.5) is 0 Å². The highest BCUT2D eigenvalue weighted by Gasteiger charge is 2.06. The standard InChI is InChI=1S/C13H14BrN3O/c1-9(15-2)18-10-7-16-13(17-8-10)11-5-3-4-6-12(11)14/h3-9,15H,1-2H3. The van der Waals surface area contributed by atoms with Gasteiger partial charge in [0.25, 0.3) is 0 Å². The monoisotopic (exact) mass is 307 g/mol. The summed E-state index contributed by atoms with van der Waals surface area (Å²) in [5.74, 6) is 1.32. The Morgan fingerprint density at radius 2 is 1.89 bits per heavy atom. The second kappa shape index (κ2) is 5.93. The fraction of sp³-hybridized carbons (Fsp3) is 0.231. The van der Waals surface area contributed by atoms with Gasteiger partial charge in [-0.15, -0.1) is 0 Å². The van der Waals surface area contributed by atoms with Crippen molar-refractivity contribution in [1.82, 2.24) is 15.3 Å². The summed E-state index contributed by atoms with van der Waals surface area (Å²) >= 11 is 3.48. The predicted molar refractivity (Wildman–Crippen MR) is 74.3 cm³/mol. The van der Waals surface area contributed by atoms with E-state index in [9.17, 15) is 0 Å². The molecule has 5 heteroatoms. The first-order valence-corrected chi connectivity index (χ1v) is 6.41. The Morgan fingerprint density at radius 3 is 2.50 bits per heavy atom. The SMILES string of the molecule is CNC(C)Oc1cnc(-c2ccccc2Br)nc1. The Hall–Kier alpha value is -1.46. The molecule has 0 fully saturated rings. The second-order valence-corrected chi connectivity index (χ2v) is 4.63. The third-order valence-corrected chi connectivity index (χ3v) is 3.15. The molecule has 0 spiro atoms. The van der Waals surface area contributed by atoms with Crippen molar-refractivity contribution >= 4 is 15.9 Å². The lowest BCUT2D eigenvalue weighted by atomic mass is 10.2. The number of ether oxygens (including phenoxy) is 1. The highest BCUT2D eigenvalue weighted by molar-refractivity contribution is 9.10. The van der Waals surface area contributed by atoms with Crippen molar-refractivity contribution in [2.75, 3.05) is 7.05 Å². The van der Waals surface area contributed by atoms with Crippen LogP contribution in [0.1, 0.15) is 6.92 Å². The molecule has 4 nitrogen and oxygen atoms in total. The molecule has 1 unspecified atom stereocenters. The molecule has 0 bridgehead atoms. The molecule has 1 aromatic heterocycles. The van der Waals surface area contributed by atoms with Crippen LogP contribution >= 0.6 is 15.9 Å². The fourth-order valence-corrected chi connectivity index (χ4v) is 1.88. The molecule has 0 radical (unpaired) electrons. The third-order valence-electron chi connectivity index (χ3n) is 2.46. The van der Waals surface area contributed by atoms with Gasteiger partial charge in [0.2, 0.25) is 0 Å². The van der Waals surface area contributed by atoms with Crippen LogP contribution < -0.4 is 10.1 Å². The maximum absolute atomic E-state index is 5.54. The van der Waals surface area contributed by atoms with Crippen molar-refractivity contribution in [3.63, 3.8) is 0 Å². The Balaban J connectivity index is 2.20. The maximum Gasteiger partial charge on any atom is 0.160 e. The van der Waals surface area contributed by atoms with E-state index < -0.39 is 0 Å². The average molecular weight is 308 g/mol. The van der Waals surface area contributed by atoms with Gasteiger partial charge in [-0.3, -0.25) is 5.32 Å². The molecule has 0 saturated heterocycles. The average Bonchev–Trinajstić information content (AvgIpc) is 2.40. The lowest BCUT2D eigenvalue weighted by Gasteiger charge is -2.12. The summed E-state index contributed by atoms with van der Waals surface area (Å²) in [5, 5.41) is 2.98. The largest absolute Gasteiger partial charge is 0.472 e. The second-order valence-electron chi connectivity index (χ2n) is 3.77. The van der Waals surface area contributed by atoms with Gasteiger partial charge < -0.3 is 4.74 Å². The molecule has 0 aliphatic carbocycles. The molecule has 94 valence electrons. The quantitative estimate of drug-likeness (QED) is 0.882.